The number of anilines is 1. The number of nitro benzene ring substituents is 1. The van der Waals surface area contributed by atoms with Gasteiger partial charge in [0.1, 0.15) is 34.8 Å². The number of pyridine rings is 1. The van der Waals surface area contributed by atoms with Gasteiger partial charge in [0.25, 0.3) is 5.69 Å². The molecule has 1 N–H and O–H groups in total. The lowest BCUT2D eigenvalue weighted by atomic mass is 10.0. The van der Waals surface area contributed by atoms with Gasteiger partial charge in [0.15, 0.2) is 5.11 Å². The first-order valence-electron chi connectivity index (χ1n) is 11.6. The monoisotopic (exact) mass is 532 g/mol. The highest BCUT2D eigenvalue weighted by Gasteiger charge is 2.43. The maximum atomic E-state index is 11.2. The maximum absolute atomic E-state index is 11.2. The highest BCUT2D eigenvalue weighted by atomic mass is 32.1. The molecule has 2 aromatic heterocycles. The molecule has 1 aliphatic rings. The molecule has 194 valence electrons. The highest BCUT2D eigenvalue weighted by Crippen LogP contribution is 2.47. The Morgan fingerprint density at radius 1 is 1.00 bits per heavy atom. The summed E-state index contributed by atoms with van der Waals surface area (Å²) < 4.78 is 23.0. The van der Waals surface area contributed by atoms with E-state index in [2.05, 4.69) is 10.3 Å². The standard InChI is InChI=1S/C27H24N4O6S/c1-34-17-8-10-22(35-2)20(15-17)30-26(25(29-27(30)38)19-6-4-5-13-28-19)23-12-11-21(37-23)18-9-7-16(31(32)33)14-24(18)36-3/h4-15,25-26H,1-3H3,(H,29,38). The Morgan fingerprint density at radius 2 is 1.82 bits per heavy atom. The SMILES string of the molecule is COc1ccc(OC)c(N2C(=S)NC(c3ccccn3)C2c2ccc(-c3ccc([N+](=O)[O-])cc3OC)o2)c1. The predicted octanol–water partition coefficient (Wildman–Crippen LogP) is 5.45. The number of nitrogens with one attached hydrogen (secondary N) is 1. The quantitative estimate of drug-likeness (QED) is 0.178. The van der Waals surface area contributed by atoms with Crippen LogP contribution >= 0.6 is 12.2 Å². The molecule has 1 saturated heterocycles. The minimum atomic E-state index is -0.470. The Morgan fingerprint density at radius 3 is 2.50 bits per heavy atom. The summed E-state index contributed by atoms with van der Waals surface area (Å²) in [4.78, 5) is 17.3. The van der Waals surface area contributed by atoms with Crippen molar-refractivity contribution < 1.29 is 23.6 Å². The van der Waals surface area contributed by atoms with Gasteiger partial charge in [-0.05, 0) is 54.7 Å². The van der Waals surface area contributed by atoms with Crippen molar-refractivity contribution in [1.82, 2.24) is 10.3 Å². The summed E-state index contributed by atoms with van der Waals surface area (Å²) >= 11 is 5.81. The van der Waals surface area contributed by atoms with E-state index >= 15 is 0 Å². The van der Waals surface area contributed by atoms with Crippen LogP contribution in [0, 0.1) is 10.1 Å². The van der Waals surface area contributed by atoms with Gasteiger partial charge in [-0.1, -0.05) is 6.07 Å². The van der Waals surface area contributed by atoms with Gasteiger partial charge in [-0.15, -0.1) is 0 Å². The maximum Gasteiger partial charge on any atom is 0.273 e. The van der Waals surface area contributed by atoms with E-state index in [9.17, 15) is 10.1 Å². The smallest absolute Gasteiger partial charge is 0.273 e. The first-order valence-corrected chi connectivity index (χ1v) is 12.0. The number of hydrogen-bond donors (Lipinski definition) is 1. The molecule has 0 bridgehead atoms. The molecule has 5 rings (SSSR count). The van der Waals surface area contributed by atoms with Crippen molar-refractivity contribution in [2.45, 2.75) is 12.1 Å². The van der Waals surface area contributed by atoms with Crippen LogP contribution in [-0.4, -0.2) is 36.3 Å². The number of nitro groups is 1. The number of methoxy groups -OCH3 is 3. The van der Waals surface area contributed by atoms with Crippen molar-refractivity contribution in [3.8, 4) is 28.6 Å². The average Bonchev–Trinajstić information content (AvgIpc) is 3.57. The van der Waals surface area contributed by atoms with Crippen molar-refractivity contribution >= 4 is 28.7 Å². The molecular formula is C27H24N4O6S. The number of non-ortho nitro benzene ring substituents is 1. The van der Waals surface area contributed by atoms with E-state index < -0.39 is 11.0 Å². The summed E-state index contributed by atoms with van der Waals surface area (Å²) in [5.74, 6) is 2.65. The van der Waals surface area contributed by atoms with Gasteiger partial charge >= 0.3 is 0 Å². The molecule has 3 heterocycles. The molecule has 38 heavy (non-hydrogen) atoms. The zero-order valence-corrected chi connectivity index (χ0v) is 21.6. The van der Waals surface area contributed by atoms with E-state index in [4.69, 9.17) is 30.8 Å². The molecule has 11 heteroatoms. The van der Waals surface area contributed by atoms with Crippen molar-refractivity contribution in [3.63, 3.8) is 0 Å². The van der Waals surface area contributed by atoms with Crippen molar-refractivity contribution in [3.05, 3.63) is 94.5 Å². The Kier molecular flexibility index (Phi) is 6.84. The second kappa shape index (κ2) is 10.4. The van der Waals surface area contributed by atoms with Crippen molar-refractivity contribution in [1.29, 1.82) is 0 Å². The predicted molar refractivity (Wildman–Crippen MR) is 145 cm³/mol. The molecule has 0 aliphatic carbocycles. The second-order valence-electron chi connectivity index (χ2n) is 8.38. The fourth-order valence-corrected chi connectivity index (χ4v) is 4.88. The number of furan rings is 1. The largest absolute Gasteiger partial charge is 0.497 e. The summed E-state index contributed by atoms with van der Waals surface area (Å²) in [6.07, 6.45) is 1.72. The Hall–Kier alpha value is -4.64. The van der Waals surface area contributed by atoms with E-state index in [1.54, 1.807) is 32.5 Å². The lowest BCUT2D eigenvalue weighted by molar-refractivity contribution is -0.384. The van der Waals surface area contributed by atoms with E-state index in [-0.39, 0.29) is 11.7 Å². The number of ether oxygens (including phenoxy) is 3. The first kappa shape index (κ1) is 25.0. The van der Waals surface area contributed by atoms with Crippen LogP contribution < -0.4 is 24.4 Å². The Balaban J connectivity index is 1.63. The van der Waals surface area contributed by atoms with Crippen LogP contribution in [0.4, 0.5) is 11.4 Å². The lowest BCUT2D eigenvalue weighted by Gasteiger charge is -2.27. The number of thiocarbonyl (C=S) groups is 1. The molecule has 0 saturated carbocycles. The van der Waals surface area contributed by atoms with Gasteiger partial charge in [0, 0.05) is 18.3 Å². The fraction of sp³-hybridized carbons (Fsp3) is 0.185. The van der Waals surface area contributed by atoms with E-state index in [1.807, 2.05) is 47.4 Å². The molecule has 0 amide bonds. The van der Waals surface area contributed by atoms with Gasteiger partial charge in [-0.2, -0.15) is 0 Å². The van der Waals surface area contributed by atoms with Crippen molar-refractivity contribution in [2.75, 3.05) is 26.2 Å². The highest BCUT2D eigenvalue weighted by molar-refractivity contribution is 7.80. The minimum absolute atomic E-state index is 0.0748. The van der Waals surface area contributed by atoms with Crippen LogP contribution in [0.5, 0.6) is 17.2 Å². The van der Waals surface area contributed by atoms with Gasteiger partial charge in [0.05, 0.1) is 55.3 Å². The Labute approximate surface area is 223 Å². The van der Waals surface area contributed by atoms with Crippen LogP contribution in [-0.2, 0) is 0 Å². The molecule has 2 aromatic carbocycles. The van der Waals surface area contributed by atoms with E-state index in [0.717, 1.165) is 5.69 Å². The molecule has 1 aliphatic heterocycles. The summed E-state index contributed by atoms with van der Waals surface area (Å²) in [6.45, 7) is 0. The van der Waals surface area contributed by atoms with Crippen LogP contribution in [0.25, 0.3) is 11.3 Å². The van der Waals surface area contributed by atoms with Gasteiger partial charge < -0.3 is 28.8 Å². The summed E-state index contributed by atoms with van der Waals surface area (Å²) in [5, 5.41) is 15.1. The molecular weight excluding hydrogens is 508 g/mol. The summed E-state index contributed by atoms with van der Waals surface area (Å²) in [6, 6.07) is 18.4. The number of hydrogen-bond acceptors (Lipinski definition) is 8. The zero-order valence-electron chi connectivity index (χ0n) is 20.8. The van der Waals surface area contributed by atoms with Crippen LogP contribution in [0.2, 0.25) is 0 Å². The molecule has 2 unspecified atom stereocenters. The topological polar surface area (TPSA) is 112 Å². The van der Waals surface area contributed by atoms with Crippen LogP contribution in [0.15, 0.2) is 77.3 Å². The Bertz CT molecular complexity index is 1490. The third-order valence-corrected chi connectivity index (χ3v) is 6.64. The second-order valence-corrected chi connectivity index (χ2v) is 8.76. The minimum Gasteiger partial charge on any atom is -0.497 e. The molecule has 2 atom stereocenters. The molecule has 4 aromatic rings. The number of benzene rings is 2. The third kappa shape index (κ3) is 4.48. The molecule has 0 radical (unpaired) electrons. The summed E-state index contributed by atoms with van der Waals surface area (Å²) in [7, 11) is 4.64. The first-order chi connectivity index (χ1) is 18.4. The van der Waals surface area contributed by atoms with Gasteiger partial charge in [-0.25, -0.2) is 0 Å². The molecule has 10 nitrogen and oxygen atoms in total. The number of aromatic nitrogens is 1. The zero-order chi connectivity index (χ0) is 26.8. The summed E-state index contributed by atoms with van der Waals surface area (Å²) in [5.41, 5.74) is 1.97. The van der Waals surface area contributed by atoms with Gasteiger partial charge in [0.2, 0.25) is 0 Å². The molecule has 1 fully saturated rings. The van der Waals surface area contributed by atoms with E-state index in [1.165, 1.54) is 19.2 Å². The van der Waals surface area contributed by atoms with Crippen LogP contribution in [0.3, 0.4) is 0 Å². The number of rotatable bonds is 8. The van der Waals surface area contributed by atoms with Crippen LogP contribution in [0.1, 0.15) is 23.5 Å². The van der Waals surface area contributed by atoms with E-state index in [0.29, 0.717) is 45.1 Å². The lowest BCUT2D eigenvalue weighted by Crippen LogP contribution is -2.29. The fourth-order valence-electron chi connectivity index (χ4n) is 4.54. The normalized spacial score (nSPS) is 16.7. The average molecular weight is 533 g/mol. The van der Waals surface area contributed by atoms with Crippen molar-refractivity contribution in [2.24, 2.45) is 0 Å². The third-order valence-electron chi connectivity index (χ3n) is 6.32. The van der Waals surface area contributed by atoms with Gasteiger partial charge in [-0.3, -0.25) is 15.1 Å². The molecule has 0 spiro atoms. The number of nitrogens with zero attached hydrogens (tertiary/aromatic N) is 3.